The molecule has 3 aromatic rings. The monoisotopic (exact) mass is 380 g/mol. The molecule has 0 saturated heterocycles. The van der Waals surface area contributed by atoms with Gasteiger partial charge in [0.05, 0.1) is 25.9 Å². The van der Waals surface area contributed by atoms with Crippen LogP contribution in [0.25, 0.3) is 10.8 Å². The van der Waals surface area contributed by atoms with Gasteiger partial charge in [-0.3, -0.25) is 4.79 Å². The largest absolute Gasteiger partial charge is 0.545 e. The van der Waals surface area contributed by atoms with Gasteiger partial charge in [-0.05, 0) is 29.0 Å². The van der Waals surface area contributed by atoms with Crippen molar-refractivity contribution in [2.45, 2.75) is 0 Å². The number of methoxy groups -OCH3 is 2. The van der Waals surface area contributed by atoms with Crippen LogP contribution < -0.4 is 24.6 Å². The smallest absolute Gasteiger partial charge is 0.262 e. The highest BCUT2D eigenvalue weighted by molar-refractivity contribution is 6.01. The van der Waals surface area contributed by atoms with E-state index in [1.807, 2.05) is 36.4 Å². The molecule has 1 N–H and O–H groups in total. The van der Waals surface area contributed by atoms with Crippen LogP contribution in [0.3, 0.4) is 0 Å². The first-order valence-electron chi connectivity index (χ1n) is 8.40. The van der Waals surface area contributed by atoms with E-state index in [1.165, 1.54) is 26.4 Å². The fraction of sp³-hybridized carbons (Fsp3) is 0.143. The number of nitrogens with one attached hydrogen (secondary N) is 1. The Bertz CT molecular complexity index is 1030. The Balaban J connectivity index is 1.73. The second-order valence-corrected chi connectivity index (χ2v) is 5.89. The maximum atomic E-state index is 12.3. The van der Waals surface area contributed by atoms with Crippen LogP contribution in [-0.4, -0.2) is 32.7 Å². The average Bonchev–Trinajstić information content (AvgIpc) is 2.71. The lowest BCUT2D eigenvalue weighted by Crippen LogP contribution is -2.26. The molecule has 1 amide bonds. The van der Waals surface area contributed by atoms with Gasteiger partial charge in [-0.2, -0.15) is 0 Å². The van der Waals surface area contributed by atoms with Crippen molar-refractivity contribution in [1.82, 2.24) is 0 Å². The summed E-state index contributed by atoms with van der Waals surface area (Å²) in [5, 5.41) is 15.9. The van der Waals surface area contributed by atoms with E-state index in [0.717, 1.165) is 10.8 Å². The summed E-state index contributed by atoms with van der Waals surface area (Å²) >= 11 is 0. The van der Waals surface area contributed by atoms with Crippen LogP contribution in [-0.2, 0) is 4.79 Å². The Morgan fingerprint density at radius 2 is 1.61 bits per heavy atom. The first-order valence-corrected chi connectivity index (χ1v) is 8.40. The molecule has 0 saturated carbocycles. The summed E-state index contributed by atoms with van der Waals surface area (Å²) in [5.41, 5.74) is -0.193. The van der Waals surface area contributed by atoms with Crippen LogP contribution in [0.4, 0.5) is 5.69 Å². The van der Waals surface area contributed by atoms with Crippen molar-refractivity contribution in [1.29, 1.82) is 0 Å². The van der Waals surface area contributed by atoms with Crippen molar-refractivity contribution < 1.29 is 28.9 Å². The number of carboxylic acids is 1. The molecule has 7 nitrogen and oxygen atoms in total. The molecule has 0 aromatic heterocycles. The molecule has 3 aromatic carbocycles. The Hall–Kier alpha value is -3.74. The van der Waals surface area contributed by atoms with Gasteiger partial charge in [0, 0.05) is 11.6 Å². The molecule has 3 rings (SSSR count). The topological polar surface area (TPSA) is 96.9 Å². The summed E-state index contributed by atoms with van der Waals surface area (Å²) in [6, 6.07) is 15.8. The van der Waals surface area contributed by atoms with E-state index >= 15 is 0 Å². The van der Waals surface area contributed by atoms with Crippen molar-refractivity contribution in [3.8, 4) is 17.2 Å². The molecular formula is C21H18NO6-. The number of amides is 1. The van der Waals surface area contributed by atoms with Crippen molar-refractivity contribution in [3.63, 3.8) is 0 Å². The minimum atomic E-state index is -1.45. The van der Waals surface area contributed by atoms with Crippen LogP contribution in [0.15, 0.2) is 54.6 Å². The second-order valence-electron chi connectivity index (χ2n) is 5.89. The molecule has 0 aliphatic carbocycles. The molecular weight excluding hydrogens is 362 g/mol. The number of rotatable bonds is 7. The maximum absolute atomic E-state index is 12.3. The number of carbonyl (C=O) groups is 2. The fourth-order valence-electron chi connectivity index (χ4n) is 2.74. The van der Waals surface area contributed by atoms with Gasteiger partial charge in [-0.25, -0.2) is 0 Å². The Labute approximate surface area is 161 Å². The third-order valence-electron chi connectivity index (χ3n) is 4.11. The Morgan fingerprint density at radius 3 is 2.29 bits per heavy atom. The Kier molecular flexibility index (Phi) is 5.64. The van der Waals surface area contributed by atoms with E-state index in [0.29, 0.717) is 5.75 Å². The van der Waals surface area contributed by atoms with Crippen molar-refractivity contribution in [2.75, 3.05) is 26.1 Å². The maximum Gasteiger partial charge on any atom is 0.262 e. The lowest BCUT2D eigenvalue weighted by Gasteiger charge is -2.16. The van der Waals surface area contributed by atoms with Crippen LogP contribution in [0, 0.1) is 0 Å². The lowest BCUT2D eigenvalue weighted by atomic mass is 10.1. The minimum absolute atomic E-state index is 0.0322. The number of hydrogen-bond donors (Lipinski definition) is 1. The summed E-state index contributed by atoms with van der Waals surface area (Å²) in [6.07, 6.45) is 0. The van der Waals surface area contributed by atoms with Gasteiger partial charge in [0.15, 0.2) is 18.1 Å². The van der Waals surface area contributed by atoms with Gasteiger partial charge in [0.25, 0.3) is 5.91 Å². The third kappa shape index (κ3) is 4.15. The SMILES string of the molecule is COc1cc(NC(=O)COc2ccc3ccccc3c2)c(C(=O)[O-])cc1OC. The van der Waals surface area contributed by atoms with E-state index in [1.54, 1.807) is 6.07 Å². The summed E-state index contributed by atoms with van der Waals surface area (Å²) in [4.78, 5) is 23.6. The third-order valence-corrected chi connectivity index (χ3v) is 4.11. The molecule has 28 heavy (non-hydrogen) atoms. The summed E-state index contributed by atoms with van der Waals surface area (Å²) < 4.78 is 15.7. The number of carboxylic acid groups (broad SMARTS) is 1. The lowest BCUT2D eigenvalue weighted by molar-refractivity contribution is -0.254. The van der Waals surface area contributed by atoms with Gasteiger partial charge in [0.1, 0.15) is 5.75 Å². The number of anilines is 1. The highest BCUT2D eigenvalue weighted by Gasteiger charge is 2.14. The molecule has 0 fully saturated rings. The van der Waals surface area contributed by atoms with Gasteiger partial charge in [-0.15, -0.1) is 0 Å². The fourth-order valence-corrected chi connectivity index (χ4v) is 2.74. The minimum Gasteiger partial charge on any atom is -0.545 e. The van der Waals surface area contributed by atoms with E-state index in [2.05, 4.69) is 5.32 Å². The number of carbonyl (C=O) groups excluding carboxylic acids is 2. The van der Waals surface area contributed by atoms with E-state index in [9.17, 15) is 14.7 Å². The average molecular weight is 380 g/mol. The van der Waals surface area contributed by atoms with Gasteiger partial charge < -0.3 is 29.4 Å². The molecule has 0 aliphatic heterocycles. The van der Waals surface area contributed by atoms with Crippen molar-refractivity contribution in [3.05, 3.63) is 60.2 Å². The predicted molar refractivity (Wildman–Crippen MR) is 102 cm³/mol. The number of fused-ring (bicyclic) bond motifs is 1. The van der Waals surface area contributed by atoms with Crippen molar-refractivity contribution >= 4 is 28.3 Å². The molecule has 0 bridgehead atoms. The summed E-state index contributed by atoms with van der Waals surface area (Å²) in [6.45, 7) is -0.292. The first kappa shape index (κ1) is 19.0. The summed E-state index contributed by atoms with van der Waals surface area (Å²) in [7, 11) is 2.79. The highest BCUT2D eigenvalue weighted by atomic mass is 16.5. The zero-order chi connectivity index (χ0) is 20.1. The predicted octanol–water partition coefficient (Wildman–Crippen LogP) is 2.24. The second kappa shape index (κ2) is 8.30. The zero-order valence-corrected chi connectivity index (χ0v) is 15.4. The Morgan fingerprint density at radius 1 is 0.929 bits per heavy atom. The molecule has 144 valence electrons. The van der Waals surface area contributed by atoms with Crippen LogP contribution in [0.2, 0.25) is 0 Å². The standard InChI is InChI=1S/C21H19NO6/c1-26-18-10-16(21(24)25)17(11-19(18)27-2)22-20(23)12-28-15-8-7-13-5-3-4-6-14(13)9-15/h3-11H,12H2,1-2H3,(H,22,23)(H,24,25)/p-1. The molecule has 0 aliphatic rings. The molecule has 0 heterocycles. The van der Waals surface area contributed by atoms with E-state index in [-0.39, 0.29) is 29.4 Å². The highest BCUT2D eigenvalue weighted by Crippen LogP contribution is 2.33. The first-order chi connectivity index (χ1) is 13.5. The number of aromatic carboxylic acids is 1. The van der Waals surface area contributed by atoms with Gasteiger partial charge in [-0.1, -0.05) is 30.3 Å². The molecule has 0 spiro atoms. The quantitative estimate of drug-likeness (QED) is 0.675. The van der Waals surface area contributed by atoms with Crippen LogP contribution in [0.5, 0.6) is 17.2 Å². The zero-order valence-electron chi connectivity index (χ0n) is 15.4. The van der Waals surface area contributed by atoms with Gasteiger partial charge in [0.2, 0.25) is 0 Å². The molecule has 0 unspecified atom stereocenters. The number of hydrogen-bond acceptors (Lipinski definition) is 6. The van der Waals surface area contributed by atoms with Crippen molar-refractivity contribution in [2.24, 2.45) is 0 Å². The normalized spacial score (nSPS) is 10.4. The molecule has 7 heteroatoms. The molecule has 0 atom stereocenters. The van der Waals surface area contributed by atoms with Crippen LogP contribution >= 0.6 is 0 Å². The summed E-state index contributed by atoms with van der Waals surface area (Å²) in [5.74, 6) is -0.957. The molecule has 0 radical (unpaired) electrons. The van der Waals surface area contributed by atoms with Gasteiger partial charge >= 0.3 is 0 Å². The van der Waals surface area contributed by atoms with Crippen LogP contribution in [0.1, 0.15) is 10.4 Å². The van der Waals surface area contributed by atoms with E-state index in [4.69, 9.17) is 14.2 Å². The number of ether oxygens (including phenoxy) is 3. The van der Waals surface area contributed by atoms with E-state index < -0.39 is 11.9 Å². The number of benzene rings is 3.